The number of amides is 1. The van der Waals surface area contributed by atoms with Crippen molar-refractivity contribution in [3.8, 4) is 0 Å². The molecule has 2 N–H and O–H groups in total. The summed E-state index contributed by atoms with van der Waals surface area (Å²) < 4.78 is 5.32. The molecule has 1 atom stereocenters. The Bertz CT molecular complexity index is 457. The summed E-state index contributed by atoms with van der Waals surface area (Å²) in [6.45, 7) is 5.93. The number of nitrogens with zero attached hydrogens (tertiary/aromatic N) is 2. The van der Waals surface area contributed by atoms with Crippen LogP contribution in [0.25, 0.3) is 0 Å². The molecule has 2 aliphatic carbocycles. The van der Waals surface area contributed by atoms with Crippen molar-refractivity contribution >= 4 is 11.9 Å². The van der Waals surface area contributed by atoms with Gasteiger partial charge in [-0.25, -0.2) is 0 Å². The second-order valence-corrected chi connectivity index (χ2v) is 7.42. The highest BCUT2D eigenvalue weighted by atomic mass is 16.5. The van der Waals surface area contributed by atoms with Crippen LogP contribution in [0.4, 0.5) is 0 Å². The topological polar surface area (TPSA) is 82.1 Å². The molecule has 1 saturated heterocycles. The monoisotopic (exact) mass is 339 g/mol. The molecule has 24 heavy (non-hydrogen) atoms. The molecule has 3 rings (SSSR count). The van der Waals surface area contributed by atoms with Gasteiger partial charge in [-0.3, -0.25) is 19.4 Å². The Balaban J connectivity index is 1.41. The third-order valence-corrected chi connectivity index (χ3v) is 5.48. The van der Waals surface area contributed by atoms with E-state index in [1.807, 2.05) is 6.92 Å². The Morgan fingerprint density at radius 2 is 1.96 bits per heavy atom. The lowest BCUT2D eigenvalue weighted by Crippen LogP contribution is -2.58. The van der Waals surface area contributed by atoms with Crippen molar-refractivity contribution in [2.75, 3.05) is 39.4 Å². The summed E-state index contributed by atoms with van der Waals surface area (Å²) in [6.07, 6.45) is 4.17. The van der Waals surface area contributed by atoms with E-state index in [-0.39, 0.29) is 24.5 Å². The first-order valence-corrected chi connectivity index (χ1v) is 9.11. The first-order chi connectivity index (χ1) is 11.5. The molecule has 3 fully saturated rings. The lowest BCUT2D eigenvalue weighted by Gasteiger charge is -2.43. The number of carboxylic acids is 1. The number of aliphatic carboxylic acids is 1. The van der Waals surface area contributed by atoms with Crippen LogP contribution in [0.1, 0.15) is 32.6 Å². The molecule has 1 unspecified atom stereocenters. The van der Waals surface area contributed by atoms with Crippen molar-refractivity contribution < 1.29 is 19.4 Å². The molecule has 1 heterocycles. The summed E-state index contributed by atoms with van der Waals surface area (Å²) in [5.74, 6) is -0.00395. The predicted molar refractivity (Wildman–Crippen MR) is 88.7 cm³/mol. The fraction of sp³-hybridized carbons (Fsp3) is 0.882. The summed E-state index contributed by atoms with van der Waals surface area (Å²) in [5.41, 5.74) is 0. The minimum Gasteiger partial charge on any atom is -0.480 e. The molecule has 0 aromatic heterocycles. The summed E-state index contributed by atoms with van der Waals surface area (Å²) in [7, 11) is 0. The zero-order valence-electron chi connectivity index (χ0n) is 14.4. The molecule has 136 valence electrons. The van der Waals surface area contributed by atoms with Gasteiger partial charge >= 0.3 is 5.97 Å². The molecule has 0 aromatic carbocycles. The van der Waals surface area contributed by atoms with Crippen LogP contribution >= 0.6 is 0 Å². The zero-order chi connectivity index (χ0) is 17.1. The van der Waals surface area contributed by atoms with Crippen molar-refractivity contribution in [2.24, 2.45) is 5.92 Å². The van der Waals surface area contributed by atoms with Gasteiger partial charge in [0, 0.05) is 31.7 Å². The molecule has 1 aliphatic heterocycles. The van der Waals surface area contributed by atoms with E-state index in [4.69, 9.17) is 9.84 Å². The Morgan fingerprint density at radius 3 is 2.54 bits per heavy atom. The average molecular weight is 339 g/mol. The molecule has 2 saturated carbocycles. The zero-order valence-corrected chi connectivity index (χ0v) is 14.4. The largest absolute Gasteiger partial charge is 0.480 e. The van der Waals surface area contributed by atoms with E-state index in [9.17, 15) is 9.59 Å². The van der Waals surface area contributed by atoms with Crippen LogP contribution < -0.4 is 5.32 Å². The van der Waals surface area contributed by atoms with Gasteiger partial charge in [-0.05, 0) is 38.5 Å². The number of rotatable bonds is 8. The lowest BCUT2D eigenvalue weighted by molar-refractivity contribution is -0.140. The van der Waals surface area contributed by atoms with Gasteiger partial charge < -0.3 is 15.2 Å². The van der Waals surface area contributed by atoms with Crippen molar-refractivity contribution in [2.45, 2.75) is 50.7 Å². The molecular formula is C17H29N3O4. The van der Waals surface area contributed by atoms with E-state index < -0.39 is 5.97 Å². The van der Waals surface area contributed by atoms with E-state index in [1.165, 1.54) is 12.8 Å². The molecule has 7 nitrogen and oxygen atoms in total. The molecule has 7 heteroatoms. The number of hydrogen-bond acceptors (Lipinski definition) is 5. The first-order valence-electron chi connectivity index (χ1n) is 9.11. The molecule has 0 aromatic rings. The highest BCUT2D eigenvalue weighted by molar-refractivity contribution is 5.81. The van der Waals surface area contributed by atoms with Gasteiger partial charge in [0.05, 0.1) is 25.8 Å². The van der Waals surface area contributed by atoms with Gasteiger partial charge in [-0.1, -0.05) is 0 Å². The number of nitrogens with one attached hydrogen (secondary N) is 1. The standard InChI is InChI=1S/C17H29N3O4/c1-12(19-4-6-24-7-5-19)17(23)18-14-8-15(9-14)20(11-16(21)22)10-13-2-3-13/h12-15H,2-11H2,1H3,(H,18,23)(H,21,22). The molecule has 0 radical (unpaired) electrons. The van der Waals surface area contributed by atoms with Crippen LogP contribution in [0, 0.1) is 5.92 Å². The second-order valence-electron chi connectivity index (χ2n) is 7.42. The Hall–Kier alpha value is -1.18. The highest BCUT2D eigenvalue weighted by Crippen LogP contribution is 2.33. The Morgan fingerprint density at radius 1 is 1.29 bits per heavy atom. The van der Waals surface area contributed by atoms with Crippen LogP contribution in [0.5, 0.6) is 0 Å². The molecular weight excluding hydrogens is 310 g/mol. The van der Waals surface area contributed by atoms with Crippen molar-refractivity contribution in [1.29, 1.82) is 0 Å². The normalized spacial score (nSPS) is 29.1. The quantitative estimate of drug-likeness (QED) is 0.655. The van der Waals surface area contributed by atoms with Crippen molar-refractivity contribution in [3.63, 3.8) is 0 Å². The fourth-order valence-corrected chi connectivity index (χ4v) is 3.60. The summed E-state index contributed by atoms with van der Waals surface area (Å²) in [4.78, 5) is 27.7. The highest BCUT2D eigenvalue weighted by Gasteiger charge is 2.38. The third kappa shape index (κ3) is 4.68. The van der Waals surface area contributed by atoms with E-state index in [2.05, 4.69) is 15.1 Å². The number of hydrogen-bond donors (Lipinski definition) is 2. The maximum atomic E-state index is 12.4. The van der Waals surface area contributed by atoms with E-state index in [0.29, 0.717) is 25.2 Å². The number of carbonyl (C=O) groups excluding carboxylic acids is 1. The summed E-state index contributed by atoms with van der Waals surface area (Å²) >= 11 is 0. The lowest BCUT2D eigenvalue weighted by atomic mass is 9.85. The van der Waals surface area contributed by atoms with Crippen molar-refractivity contribution in [3.05, 3.63) is 0 Å². The number of morpholine rings is 1. The first kappa shape index (κ1) is 17.6. The van der Waals surface area contributed by atoms with E-state index in [0.717, 1.165) is 32.5 Å². The summed E-state index contributed by atoms with van der Waals surface area (Å²) in [6, 6.07) is 0.349. The number of carboxylic acid groups (broad SMARTS) is 1. The smallest absolute Gasteiger partial charge is 0.317 e. The minimum atomic E-state index is -0.760. The third-order valence-electron chi connectivity index (χ3n) is 5.48. The summed E-state index contributed by atoms with van der Waals surface area (Å²) in [5, 5.41) is 12.2. The Kier molecular flexibility index (Phi) is 5.73. The van der Waals surface area contributed by atoms with E-state index >= 15 is 0 Å². The van der Waals surface area contributed by atoms with E-state index in [1.54, 1.807) is 0 Å². The van der Waals surface area contributed by atoms with Gasteiger partial charge in [0.2, 0.25) is 5.91 Å². The van der Waals surface area contributed by atoms with Gasteiger partial charge in [0.25, 0.3) is 0 Å². The molecule has 0 bridgehead atoms. The predicted octanol–water partition coefficient (Wildman–Crippen LogP) is 0.151. The van der Waals surface area contributed by atoms with Crippen LogP contribution in [-0.4, -0.2) is 84.3 Å². The molecule has 0 spiro atoms. The SMILES string of the molecule is CC(C(=O)NC1CC(N(CC(=O)O)CC2CC2)C1)N1CCOCC1. The Labute approximate surface area is 143 Å². The van der Waals surface area contributed by atoms with Crippen LogP contribution in [0.15, 0.2) is 0 Å². The maximum Gasteiger partial charge on any atom is 0.317 e. The second kappa shape index (κ2) is 7.80. The van der Waals surface area contributed by atoms with Gasteiger partial charge in [-0.2, -0.15) is 0 Å². The van der Waals surface area contributed by atoms with Gasteiger partial charge in [0.15, 0.2) is 0 Å². The van der Waals surface area contributed by atoms with Gasteiger partial charge in [-0.15, -0.1) is 0 Å². The average Bonchev–Trinajstić information content (AvgIpc) is 3.33. The molecule has 1 amide bonds. The minimum absolute atomic E-state index is 0.0762. The van der Waals surface area contributed by atoms with Crippen LogP contribution in [0.3, 0.4) is 0 Å². The fourth-order valence-electron chi connectivity index (χ4n) is 3.60. The number of ether oxygens (including phenoxy) is 1. The maximum absolute atomic E-state index is 12.4. The van der Waals surface area contributed by atoms with Crippen LogP contribution in [0.2, 0.25) is 0 Å². The van der Waals surface area contributed by atoms with Crippen LogP contribution in [-0.2, 0) is 14.3 Å². The van der Waals surface area contributed by atoms with Gasteiger partial charge in [0.1, 0.15) is 0 Å². The molecule has 3 aliphatic rings. The van der Waals surface area contributed by atoms with Crippen molar-refractivity contribution in [1.82, 2.24) is 15.1 Å². The number of carbonyl (C=O) groups is 2.